The third kappa shape index (κ3) is 3.01. The van der Waals surface area contributed by atoms with Gasteiger partial charge in [0, 0.05) is 40.3 Å². The minimum atomic E-state index is 0.107. The average Bonchev–Trinajstić information content (AvgIpc) is 3.38. The van der Waals surface area contributed by atoms with E-state index in [4.69, 9.17) is 9.40 Å². The van der Waals surface area contributed by atoms with Crippen molar-refractivity contribution in [3.05, 3.63) is 90.1 Å². The van der Waals surface area contributed by atoms with Gasteiger partial charge in [0.15, 0.2) is 5.82 Å². The number of aromatic nitrogens is 1. The van der Waals surface area contributed by atoms with Crippen molar-refractivity contribution in [3.8, 4) is 0 Å². The number of pyridine rings is 1. The highest BCUT2D eigenvalue weighted by Gasteiger charge is 2.39. The van der Waals surface area contributed by atoms with Crippen molar-refractivity contribution < 1.29 is 4.42 Å². The molecule has 33 heavy (non-hydrogen) atoms. The predicted octanol–water partition coefficient (Wildman–Crippen LogP) is 7.85. The summed E-state index contributed by atoms with van der Waals surface area (Å²) in [6, 6.07) is 25.2. The summed E-state index contributed by atoms with van der Waals surface area (Å²) in [4.78, 5) is 7.20. The van der Waals surface area contributed by atoms with E-state index in [0.29, 0.717) is 0 Å². The molecule has 1 atom stereocenters. The molecule has 5 aromatic rings. The van der Waals surface area contributed by atoms with Crippen molar-refractivity contribution in [1.82, 2.24) is 4.98 Å². The van der Waals surface area contributed by atoms with Gasteiger partial charge >= 0.3 is 0 Å². The average molecular weight is 434 g/mol. The predicted molar refractivity (Wildman–Crippen MR) is 137 cm³/mol. The smallest absolute Gasteiger partial charge is 0.156 e. The maximum absolute atomic E-state index is 6.07. The molecule has 1 aliphatic rings. The van der Waals surface area contributed by atoms with Crippen molar-refractivity contribution in [1.29, 1.82) is 0 Å². The molecule has 0 saturated heterocycles. The van der Waals surface area contributed by atoms with E-state index < -0.39 is 0 Å². The van der Waals surface area contributed by atoms with Crippen molar-refractivity contribution in [2.75, 3.05) is 16.8 Å². The monoisotopic (exact) mass is 433 g/mol. The van der Waals surface area contributed by atoms with Gasteiger partial charge in [0.05, 0.1) is 5.69 Å². The maximum atomic E-state index is 6.07. The Labute approximate surface area is 193 Å². The number of rotatable bonds is 4. The van der Waals surface area contributed by atoms with Gasteiger partial charge in [0.25, 0.3) is 0 Å². The zero-order valence-corrected chi connectivity index (χ0v) is 19.2. The third-order valence-electron chi connectivity index (χ3n) is 7.25. The number of para-hydroxylation sites is 2. The SMILES string of the molecule is CCC1(C)CN(c2ncccc2Nc2ccc3oc4ccccc4c3c2C)c2ccccc21. The number of nitrogens with one attached hydrogen (secondary N) is 1. The van der Waals surface area contributed by atoms with Gasteiger partial charge in [-0.15, -0.1) is 0 Å². The van der Waals surface area contributed by atoms with E-state index in [0.717, 1.165) is 52.1 Å². The minimum Gasteiger partial charge on any atom is -0.456 e. The van der Waals surface area contributed by atoms with E-state index in [1.54, 1.807) is 0 Å². The van der Waals surface area contributed by atoms with Crippen LogP contribution >= 0.6 is 0 Å². The van der Waals surface area contributed by atoms with Gasteiger partial charge in [-0.1, -0.05) is 50.2 Å². The van der Waals surface area contributed by atoms with Crippen LogP contribution in [-0.2, 0) is 5.41 Å². The first-order valence-electron chi connectivity index (χ1n) is 11.6. The first-order valence-corrected chi connectivity index (χ1v) is 11.6. The second-order valence-corrected chi connectivity index (χ2v) is 9.23. The van der Waals surface area contributed by atoms with Crippen LogP contribution in [0.5, 0.6) is 0 Å². The Morgan fingerprint density at radius 1 is 0.939 bits per heavy atom. The molecule has 4 nitrogen and oxygen atoms in total. The van der Waals surface area contributed by atoms with Gasteiger partial charge < -0.3 is 14.6 Å². The van der Waals surface area contributed by atoms with Gasteiger partial charge in [-0.05, 0) is 60.9 Å². The zero-order chi connectivity index (χ0) is 22.6. The molecule has 0 radical (unpaired) electrons. The molecular formula is C29H27N3O. The molecular weight excluding hydrogens is 406 g/mol. The highest BCUT2D eigenvalue weighted by atomic mass is 16.3. The van der Waals surface area contributed by atoms with Crippen molar-refractivity contribution in [2.24, 2.45) is 0 Å². The molecule has 3 aromatic carbocycles. The molecule has 1 unspecified atom stereocenters. The Balaban J connectivity index is 1.45. The second kappa shape index (κ2) is 7.38. The molecule has 0 amide bonds. The molecule has 4 heteroatoms. The van der Waals surface area contributed by atoms with Crippen LogP contribution in [0.4, 0.5) is 22.9 Å². The van der Waals surface area contributed by atoms with E-state index in [1.807, 2.05) is 24.4 Å². The van der Waals surface area contributed by atoms with E-state index >= 15 is 0 Å². The molecule has 0 bridgehead atoms. The Bertz CT molecular complexity index is 1500. The number of benzene rings is 3. The van der Waals surface area contributed by atoms with Gasteiger partial charge in [-0.25, -0.2) is 4.98 Å². The first-order chi connectivity index (χ1) is 16.1. The number of hydrogen-bond acceptors (Lipinski definition) is 4. The molecule has 3 heterocycles. The Morgan fingerprint density at radius 3 is 2.64 bits per heavy atom. The standard InChI is InChI=1S/C29H27N3O/c1-4-29(3)18-32(24-13-7-6-11-21(24)29)28-23(12-9-17-30-28)31-22-15-16-26-27(19(22)2)20-10-5-8-14-25(20)33-26/h5-17,31H,4,18H2,1-3H3. The first kappa shape index (κ1) is 19.9. The van der Waals surface area contributed by atoms with Crippen LogP contribution in [0.3, 0.4) is 0 Å². The summed E-state index contributed by atoms with van der Waals surface area (Å²) in [5, 5.41) is 6.00. The molecule has 0 saturated carbocycles. The van der Waals surface area contributed by atoms with Gasteiger partial charge in [0.1, 0.15) is 11.2 Å². The molecule has 0 aliphatic carbocycles. The summed E-state index contributed by atoms with van der Waals surface area (Å²) < 4.78 is 6.07. The fraction of sp³-hybridized carbons (Fsp3) is 0.207. The second-order valence-electron chi connectivity index (χ2n) is 9.23. The highest BCUT2D eigenvalue weighted by Crippen LogP contribution is 2.47. The molecule has 6 rings (SSSR count). The third-order valence-corrected chi connectivity index (χ3v) is 7.25. The summed E-state index contributed by atoms with van der Waals surface area (Å²) >= 11 is 0. The lowest BCUT2D eigenvalue weighted by Gasteiger charge is -2.26. The summed E-state index contributed by atoms with van der Waals surface area (Å²) in [6.45, 7) is 7.69. The molecule has 1 aliphatic heterocycles. The van der Waals surface area contributed by atoms with Crippen molar-refractivity contribution in [3.63, 3.8) is 0 Å². The van der Waals surface area contributed by atoms with Crippen LogP contribution in [0.1, 0.15) is 31.4 Å². The number of nitrogens with zero attached hydrogens (tertiary/aromatic N) is 2. The van der Waals surface area contributed by atoms with Crippen LogP contribution < -0.4 is 10.2 Å². The number of hydrogen-bond donors (Lipinski definition) is 1. The fourth-order valence-corrected chi connectivity index (χ4v) is 5.21. The largest absolute Gasteiger partial charge is 0.456 e. The number of aryl methyl sites for hydroxylation is 1. The zero-order valence-electron chi connectivity index (χ0n) is 19.2. The van der Waals surface area contributed by atoms with Gasteiger partial charge in [-0.3, -0.25) is 0 Å². The summed E-state index contributed by atoms with van der Waals surface area (Å²) in [6.07, 6.45) is 2.96. The molecule has 1 N–H and O–H groups in total. The summed E-state index contributed by atoms with van der Waals surface area (Å²) in [5.41, 5.74) is 7.82. The van der Waals surface area contributed by atoms with Crippen LogP contribution in [0.2, 0.25) is 0 Å². The Kier molecular flexibility index (Phi) is 4.44. The maximum Gasteiger partial charge on any atom is 0.156 e. The highest BCUT2D eigenvalue weighted by molar-refractivity contribution is 6.08. The molecule has 2 aromatic heterocycles. The Hall–Kier alpha value is -3.79. The van der Waals surface area contributed by atoms with Crippen LogP contribution in [0, 0.1) is 6.92 Å². The van der Waals surface area contributed by atoms with Gasteiger partial charge in [0.2, 0.25) is 0 Å². The van der Waals surface area contributed by atoms with Crippen LogP contribution in [0.15, 0.2) is 83.4 Å². The fourth-order valence-electron chi connectivity index (χ4n) is 5.21. The number of anilines is 4. The van der Waals surface area contributed by atoms with E-state index in [-0.39, 0.29) is 5.41 Å². The molecule has 164 valence electrons. The topological polar surface area (TPSA) is 41.3 Å². The van der Waals surface area contributed by atoms with Crippen LogP contribution in [-0.4, -0.2) is 11.5 Å². The van der Waals surface area contributed by atoms with Gasteiger partial charge in [-0.2, -0.15) is 0 Å². The van der Waals surface area contributed by atoms with Crippen LogP contribution in [0.25, 0.3) is 21.9 Å². The van der Waals surface area contributed by atoms with E-state index in [2.05, 4.69) is 85.6 Å². The summed E-state index contributed by atoms with van der Waals surface area (Å²) in [5.74, 6) is 0.957. The Morgan fingerprint density at radius 2 is 1.76 bits per heavy atom. The van der Waals surface area contributed by atoms with Crippen molar-refractivity contribution in [2.45, 2.75) is 32.6 Å². The minimum absolute atomic E-state index is 0.107. The lowest BCUT2D eigenvalue weighted by Crippen LogP contribution is -2.28. The number of furan rings is 1. The van der Waals surface area contributed by atoms with E-state index in [9.17, 15) is 0 Å². The quantitative estimate of drug-likeness (QED) is 0.313. The summed E-state index contributed by atoms with van der Waals surface area (Å²) in [7, 11) is 0. The molecule has 0 spiro atoms. The molecule has 0 fully saturated rings. The lowest BCUT2D eigenvalue weighted by atomic mass is 9.82. The number of fused-ring (bicyclic) bond motifs is 4. The van der Waals surface area contributed by atoms with Crippen molar-refractivity contribution >= 4 is 44.8 Å². The van der Waals surface area contributed by atoms with E-state index in [1.165, 1.54) is 16.8 Å². The normalized spacial score (nSPS) is 17.6. The lowest BCUT2D eigenvalue weighted by molar-refractivity contribution is 0.491.